The first-order valence-corrected chi connectivity index (χ1v) is 7.63. The molecule has 0 heterocycles. The molecule has 96 valence electrons. The van der Waals surface area contributed by atoms with Gasteiger partial charge in [-0.15, -0.1) is 0 Å². The van der Waals surface area contributed by atoms with Gasteiger partial charge in [-0.05, 0) is 24.5 Å². The highest BCUT2D eigenvalue weighted by molar-refractivity contribution is 7.93. The molecule has 0 unspecified atom stereocenters. The second kappa shape index (κ2) is 4.96. The zero-order valence-corrected chi connectivity index (χ0v) is 11.7. The van der Waals surface area contributed by atoms with Crippen molar-refractivity contribution < 1.29 is 13.5 Å². The number of aliphatic hydroxyl groups excluding tert-OH is 1. The normalized spacial score (nSPS) is 17.5. The van der Waals surface area contributed by atoms with Crippen LogP contribution in [-0.4, -0.2) is 24.0 Å². The number of sulfone groups is 1. The highest BCUT2D eigenvalue weighted by atomic mass is 35.5. The Morgan fingerprint density at radius 3 is 2.35 bits per heavy atom. The summed E-state index contributed by atoms with van der Waals surface area (Å²) in [4.78, 5) is 0. The molecule has 0 radical (unpaired) electrons. The Morgan fingerprint density at radius 1 is 1.41 bits per heavy atom. The Bertz CT molecular complexity index is 498. The summed E-state index contributed by atoms with van der Waals surface area (Å²) in [5.74, 6) is 0. The van der Waals surface area contributed by atoms with E-state index in [0.717, 1.165) is 11.8 Å². The summed E-state index contributed by atoms with van der Waals surface area (Å²) >= 11 is 6.12. The molecule has 3 nitrogen and oxygen atoms in total. The number of benzene rings is 1. The largest absolute Gasteiger partial charge is 0.385 e. The molecule has 0 fully saturated rings. The van der Waals surface area contributed by atoms with Crippen LogP contribution in [0.3, 0.4) is 0 Å². The second-order valence-corrected chi connectivity index (χ2v) is 7.34. The van der Waals surface area contributed by atoms with Crippen molar-refractivity contribution in [3.8, 4) is 0 Å². The zero-order chi connectivity index (χ0) is 13.3. The van der Waals surface area contributed by atoms with E-state index in [1.165, 1.54) is 0 Å². The topological polar surface area (TPSA) is 54.4 Å². The number of aliphatic hydroxyl groups is 1. The Kier molecular flexibility index (Phi) is 4.23. The van der Waals surface area contributed by atoms with Crippen LogP contribution >= 0.6 is 11.6 Å². The monoisotopic (exact) mass is 276 g/mol. The third-order valence-electron chi connectivity index (χ3n) is 2.99. The summed E-state index contributed by atoms with van der Waals surface area (Å²) in [5, 5.41) is 10.2. The average molecular weight is 277 g/mol. The van der Waals surface area contributed by atoms with Gasteiger partial charge in [0.25, 0.3) is 0 Å². The van der Waals surface area contributed by atoms with Crippen LogP contribution in [-0.2, 0) is 9.84 Å². The van der Waals surface area contributed by atoms with Crippen LogP contribution in [0.2, 0.25) is 0 Å². The maximum Gasteiger partial charge on any atom is 0.174 e. The first kappa shape index (κ1) is 14.5. The van der Waals surface area contributed by atoms with Gasteiger partial charge in [-0.1, -0.05) is 42.8 Å². The van der Waals surface area contributed by atoms with E-state index in [1.807, 2.05) is 19.1 Å². The summed E-state index contributed by atoms with van der Waals surface area (Å²) in [6, 6.07) is 7.08. The van der Waals surface area contributed by atoms with Gasteiger partial charge in [0, 0.05) is 6.26 Å². The van der Waals surface area contributed by atoms with Crippen molar-refractivity contribution in [2.75, 3.05) is 6.26 Å². The molecule has 0 saturated heterocycles. The Balaban J connectivity index is 3.29. The van der Waals surface area contributed by atoms with E-state index in [2.05, 4.69) is 0 Å². The Morgan fingerprint density at radius 2 is 1.94 bits per heavy atom. The molecule has 1 aromatic rings. The van der Waals surface area contributed by atoms with Gasteiger partial charge in [-0.25, -0.2) is 8.42 Å². The molecule has 0 aliphatic rings. The number of rotatable bonds is 4. The maximum atomic E-state index is 11.7. The lowest BCUT2D eigenvalue weighted by Gasteiger charge is -2.30. The van der Waals surface area contributed by atoms with Crippen LogP contribution in [0, 0.1) is 6.92 Å². The maximum absolute atomic E-state index is 11.7. The van der Waals surface area contributed by atoms with Crippen LogP contribution < -0.4 is 0 Å². The predicted octanol–water partition coefficient (Wildman–Crippen LogP) is 2.42. The predicted molar refractivity (Wildman–Crippen MR) is 69.9 cm³/mol. The highest BCUT2D eigenvalue weighted by Crippen LogP contribution is 2.40. The molecule has 0 aromatic heterocycles. The van der Waals surface area contributed by atoms with E-state index < -0.39 is 20.1 Å². The molecule has 2 atom stereocenters. The molecular weight excluding hydrogens is 260 g/mol. The molecule has 0 bridgehead atoms. The Hall–Kier alpha value is -0.580. The minimum atomic E-state index is -3.56. The molecule has 1 rings (SSSR count). The van der Waals surface area contributed by atoms with Crippen molar-refractivity contribution in [1.82, 2.24) is 0 Å². The number of aryl methyl sites for hydroxylation is 1. The average Bonchev–Trinajstić information content (AvgIpc) is 2.26. The summed E-state index contributed by atoms with van der Waals surface area (Å²) < 4.78 is 21.8. The summed E-state index contributed by atoms with van der Waals surface area (Å²) in [6.45, 7) is 3.46. The number of alkyl halides is 1. The van der Waals surface area contributed by atoms with E-state index >= 15 is 0 Å². The molecule has 1 aromatic carbocycles. The van der Waals surface area contributed by atoms with Gasteiger partial charge >= 0.3 is 0 Å². The van der Waals surface area contributed by atoms with Crippen molar-refractivity contribution in [2.45, 2.75) is 30.6 Å². The molecule has 0 spiro atoms. The number of hydrogen-bond acceptors (Lipinski definition) is 3. The lowest BCUT2D eigenvalue weighted by Crippen LogP contribution is -2.38. The van der Waals surface area contributed by atoms with E-state index in [4.69, 9.17) is 11.6 Å². The molecular formula is C12H17ClO3S. The Labute approximate surface area is 107 Å². The minimum Gasteiger partial charge on any atom is -0.385 e. The third-order valence-corrected chi connectivity index (χ3v) is 6.05. The van der Waals surface area contributed by atoms with Crippen LogP contribution in [0.25, 0.3) is 0 Å². The molecule has 0 amide bonds. The van der Waals surface area contributed by atoms with Crippen LogP contribution in [0.5, 0.6) is 0 Å². The highest BCUT2D eigenvalue weighted by Gasteiger charge is 2.45. The summed E-state index contributed by atoms with van der Waals surface area (Å²) in [6.07, 6.45) is -0.0428. The first-order valence-electron chi connectivity index (χ1n) is 5.36. The van der Waals surface area contributed by atoms with Gasteiger partial charge in [-0.3, -0.25) is 0 Å². The fourth-order valence-corrected chi connectivity index (χ4v) is 2.96. The summed E-state index contributed by atoms with van der Waals surface area (Å²) in [5.41, 5.74) is 1.37. The van der Waals surface area contributed by atoms with E-state index in [0.29, 0.717) is 5.56 Å². The van der Waals surface area contributed by atoms with E-state index in [-0.39, 0.29) is 6.42 Å². The number of halogens is 1. The molecule has 5 heteroatoms. The number of hydrogen-bond donors (Lipinski definition) is 1. The van der Waals surface area contributed by atoms with Crippen molar-refractivity contribution in [1.29, 1.82) is 0 Å². The smallest absolute Gasteiger partial charge is 0.174 e. The minimum absolute atomic E-state index is 0.142. The van der Waals surface area contributed by atoms with Crippen molar-refractivity contribution >= 4 is 21.4 Å². The van der Waals surface area contributed by atoms with Gasteiger partial charge in [0.15, 0.2) is 14.0 Å². The first-order chi connectivity index (χ1) is 7.74. The second-order valence-electron chi connectivity index (χ2n) is 4.17. The fourth-order valence-electron chi connectivity index (χ4n) is 1.78. The van der Waals surface area contributed by atoms with Gasteiger partial charge in [0.1, 0.15) is 6.10 Å². The van der Waals surface area contributed by atoms with E-state index in [9.17, 15) is 13.5 Å². The van der Waals surface area contributed by atoms with Crippen LogP contribution in [0.15, 0.2) is 24.3 Å². The lowest BCUT2D eigenvalue weighted by atomic mass is 9.99. The van der Waals surface area contributed by atoms with Gasteiger partial charge in [-0.2, -0.15) is 0 Å². The zero-order valence-electron chi connectivity index (χ0n) is 10.1. The van der Waals surface area contributed by atoms with Gasteiger partial charge < -0.3 is 5.11 Å². The van der Waals surface area contributed by atoms with Crippen molar-refractivity contribution in [3.63, 3.8) is 0 Å². The molecule has 0 aliphatic carbocycles. The van der Waals surface area contributed by atoms with Gasteiger partial charge in [0.2, 0.25) is 0 Å². The SMILES string of the molecule is CC[C@](Cl)([C@@H](O)c1ccccc1C)S(C)(=O)=O. The fraction of sp³-hybridized carbons (Fsp3) is 0.500. The van der Waals surface area contributed by atoms with Crippen LogP contribution in [0.1, 0.15) is 30.6 Å². The standard InChI is InChI=1S/C12H17ClO3S/c1-4-12(13,17(3,15)16)11(14)10-8-6-5-7-9(10)2/h5-8,11,14H,4H2,1-3H3/t11-,12+/m0/s1. The lowest BCUT2D eigenvalue weighted by molar-refractivity contribution is 0.154. The van der Waals surface area contributed by atoms with Gasteiger partial charge in [0.05, 0.1) is 0 Å². The van der Waals surface area contributed by atoms with Crippen LogP contribution in [0.4, 0.5) is 0 Å². The summed E-state index contributed by atoms with van der Waals surface area (Å²) in [7, 11) is -3.56. The van der Waals surface area contributed by atoms with Crippen molar-refractivity contribution in [3.05, 3.63) is 35.4 Å². The third kappa shape index (κ3) is 2.64. The van der Waals surface area contributed by atoms with Crippen molar-refractivity contribution in [2.24, 2.45) is 0 Å². The molecule has 0 aliphatic heterocycles. The quantitative estimate of drug-likeness (QED) is 0.860. The molecule has 0 saturated carbocycles. The molecule has 1 N–H and O–H groups in total. The van der Waals surface area contributed by atoms with E-state index in [1.54, 1.807) is 19.1 Å². The molecule has 17 heavy (non-hydrogen) atoms.